The first-order valence-electron chi connectivity index (χ1n) is 8.18. The average Bonchev–Trinajstić information content (AvgIpc) is 2.95. The molecule has 0 unspecified atom stereocenters. The van der Waals surface area contributed by atoms with Gasteiger partial charge >= 0.3 is 0 Å². The molecule has 0 spiro atoms. The second-order valence-corrected chi connectivity index (χ2v) is 6.56. The molecule has 0 atom stereocenters. The largest absolute Gasteiger partial charge is 0.390 e. The van der Waals surface area contributed by atoms with Crippen molar-refractivity contribution in [1.29, 1.82) is 0 Å². The maximum Gasteiger partial charge on any atom is 0.254 e. The van der Waals surface area contributed by atoms with E-state index in [9.17, 15) is 9.90 Å². The van der Waals surface area contributed by atoms with E-state index in [2.05, 4.69) is 10.1 Å². The molecule has 0 bridgehead atoms. The highest BCUT2D eigenvalue weighted by Gasteiger charge is 2.17. The van der Waals surface area contributed by atoms with E-state index in [4.69, 9.17) is 4.52 Å². The lowest BCUT2D eigenvalue weighted by atomic mass is 9.98. The first-order chi connectivity index (χ1) is 11.3. The SMILES string of the molecule is CCN(Cc1noc(C)n1)C(=O)c1ccc(CCC(C)(C)O)cc1. The van der Waals surface area contributed by atoms with Crippen molar-refractivity contribution >= 4 is 5.91 Å². The van der Waals surface area contributed by atoms with E-state index in [0.717, 1.165) is 12.0 Å². The van der Waals surface area contributed by atoms with E-state index in [0.29, 0.717) is 36.8 Å². The van der Waals surface area contributed by atoms with Gasteiger partial charge in [0.2, 0.25) is 5.89 Å². The fourth-order valence-corrected chi connectivity index (χ4v) is 2.35. The summed E-state index contributed by atoms with van der Waals surface area (Å²) in [6.45, 7) is 8.12. The Morgan fingerprint density at radius 3 is 2.46 bits per heavy atom. The Morgan fingerprint density at radius 1 is 1.29 bits per heavy atom. The quantitative estimate of drug-likeness (QED) is 0.844. The molecule has 6 nitrogen and oxygen atoms in total. The van der Waals surface area contributed by atoms with Crippen LogP contribution in [-0.2, 0) is 13.0 Å². The first-order valence-corrected chi connectivity index (χ1v) is 8.18. The summed E-state index contributed by atoms with van der Waals surface area (Å²) in [7, 11) is 0. The van der Waals surface area contributed by atoms with E-state index in [-0.39, 0.29) is 5.91 Å². The van der Waals surface area contributed by atoms with Crippen molar-refractivity contribution in [2.75, 3.05) is 6.54 Å². The number of hydrogen-bond donors (Lipinski definition) is 1. The number of amides is 1. The van der Waals surface area contributed by atoms with Gasteiger partial charge in [0, 0.05) is 19.0 Å². The lowest BCUT2D eigenvalue weighted by Gasteiger charge is -2.19. The van der Waals surface area contributed by atoms with Gasteiger partial charge in [-0.3, -0.25) is 4.79 Å². The molecular weight excluding hydrogens is 306 g/mol. The van der Waals surface area contributed by atoms with E-state index in [1.165, 1.54) is 0 Å². The Bertz CT molecular complexity index is 672. The molecule has 0 aliphatic carbocycles. The number of aromatic nitrogens is 2. The Hall–Kier alpha value is -2.21. The summed E-state index contributed by atoms with van der Waals surface area (Å²) in [5.41, 5.74) is 1.05. The highest BCUT2D eigenvalue weighted by atomic mass is 16.5. The summed E-state index contributed by atoms with van der Waals surface area (Å²) >= 11 is 0. The van der Waals surface area contributed by atoms with Gasteiger partial charge in [-0.25, -0.2) is 0 Å². The molecule has 2 rings (SSSR count). The predicted molar refractivity (Wildman–Crippen MR) is 90.5 cm³/mol. The van der Waals surface area contributed by atoms with Crippen LogP contribution in [0.25, 0.3) is 0 Å². The zero-order valence-corrected chi connectivity index (χ0v) is 14.7. The molecule has 1 N–H and O–H groups in total. The molecule has 0 radical (unpaired) electrons. The van der Waals surface area contributed by atoms with Crippen molar-refractivity contribution in [1.82, 2.24) is 15.0 Å². The van der Waals surface area contributed by atoms with Gasteiger partial charge in [-0.1, -0.05) is 17.3 Å². The number of carbonyl (C=O) groups excluding carboxylic acids is 1. The minimum Gasteiger partial charge on any atom is -0.390 e. The van der Waals surface area contributed by atoms with Crippen molar-refractivity contribution in [2.45, 2.75) is 52.7 Å². The first kappa shape index (κ1) is 18.1. The van der Waals surface area contributed by atoms with Crippen LogP contribution >= 0.6 is 0 Å². The summed E-state index contributed by atoms with van der Waals surface area (Å²) in [4.78, 5) is 18.4. The molecule has 0 saturated carbocycles. The number of benzene rings is 1. The smallest absolute Gasteiger partial charge is 0.254 e. The second-order valence-electron chi connectivity index (χ2n) is 6.56. The number of nitrogens with zero attached hydrogens (tertiary/aromatic N) is 3. The maximum absolute atomic E-state index is 12.6. The van der Waals surface area contributed by atoms with E-state index < -0.39 is 5.60 Å². The molecule has 0 fully saturated rings. The maximum atomic E-state index is 12.6. The molecule has 1 aromatic carbocycles. The summed E-state index contributed by atoms with van der Waals surface area (Å²) in [6.07, 6.45) is 1.45. The van der Waals surface area contributed by atoms with Gasteiger partial charge < -0.3 is 14.5 Å². The lowest BCUT2D eigenvalue weighted by Crippen LogP contribution is -2.30. The van der Waals surface area contributed by atoms with Gasteiger partial charge in [0.15, 0.2) is 5.82 Å². The van der Waals surface area contributed by atoms with Crippen LogP contribution in [0, 0.1) is 6.92 Å². The molecule has 6 heteroatoms. The third kappa shape index (κ3) is 5.16. The summed E-state index contributed by atoms with van der Waals surface area (Å²) < 4.78 is 4.95. The van der Waals surface area contributed by atoms with Crippen molar-refractivity contribution in [2.24, 2.45) is 0 Å². The Labute approximate surface area is 142 Å². The predicted octanol–water partition coefficient (Wildman–Crippen LogP) is 2.74. The molecule has 1 amide bonds. The van der Waals surface area contributed by atoms with Crippen LogP contribution in [0.5, 0.6) is 0 Å². The van der Waals surface area contributed by atoms with Crippen LogP contribution in [-0.4, -0.2) is 38.2 Å². The summed E-state index contributed by atoms with van der Waals surface area (Å²) in [6, 6.07) is 7.52. The highest BCUT2D eigenvalue weighted by molar-refractivity contribution is 5.94. The van der Waals surface area contributed by atoms with Crippen molar-refractivity contribution in [3.8, 4) is 0 Å². The third-order valence-corrected chi connectivity index (χ3v) is 3.80. The van der Waals surface area contributed by atoms with Crippen LogP contribution < -0.4 is 0 Å². The van der Waals surface area contributed by atoms with Crippen LogP contribution in [0.15, 0.2) is 28.8 Å². The molecule has 1 heterocycles. The zero-order valence-electron chi connectivity index (χ0n) is 14.7. The fraction of sp³-hybridized carbons (Fsp3) is 0.500. The summed E-state index contributed by atoms with van der Waals surface area (Å²) in [5.74, 6) is 0.933. The van der Waals surface area contributed by atoms with Crippen molar-refractivity contribution < 1.29 is 14.4 Å². The zero-order chi connectivity index (χ0) is 17.7. The van der Waals surface area contributed by atoms with Gasteiger partial charge in [0.25, 0.3) is 5.91 Å². The van der Waals surface area contributed by atoms with E-state index in [1.54, 1.807) is 25.7 Å². The van der Waals surface area contributed by atoms with Gasteiger partial charge in [0.1, 0.15) is 0 Å². The molecule has 0 aliphatic heterocycles. The summed E-state index contributed by atoms with van der Waals surface area (Å²) in [5, 5.41) is 13.6. The number of carbonyl (C=O) groups is 1. The molecule has 24 heavy (non-hydrogen) atoms. The molecule has 0 saturated heterocycles. The highest BCUT2D eigenvalue weighted by Crippen LogP contribution is 2.15. The van der Waals surface area contributed by atoms with Crippen LogP contribution in [0.2, 0.25) is 0 Å². The number of rotatable bonds is 7. The van der Waals surface area contributed by atoms with Crippen molar-refractivity contribution in [3.05, 3.63) is 47.1 Å². The van der Waals surface area contributed by atoms with Crippen LogP contribution in [0.3, 0.4) is 0 Å². The number of aliphatic hydroxyl groups is 1. The minimum atomic E-state index is -0.684. The normalized spacial score (nSPS) is 11.5. The minimum absolute atomic E-state index is 0.0611. The second kappa shape index (κ2) is 7.57. The topological polar surface area (TPSA) is 79.5 Å². The van der Waals surface area contributed by atoms with Crippen molar-refractivity contribution in [3.63, 3.8) is 0 Å². The number of hydrogen-bond acceptors (Lipinski definition) is 5. The Kier molecular flexibility index (Phi) is 5.72. The van der Waals surface area contributed by atoms with Crippen LogP contribution in [0.1, 0.15) is 54.8 Å². The van der Waals surface area contributed by atoms with Crippen LogP contribution in [0.4, 0.5) is 0 Å². The molecule has 2 aromatic rings. The molecule has 130 valence electrons. The Balaban J connectivity index is 2.02. The number of aryl methyl sites for hydroxylation is 2. The lowest BCUT2D eigenvalue weighted by molar-refractivity contribution is 0.0711. The van der Waals surface area contributed by atoms with Gasteiger partial charge in [0.05, 0.1) is 12.1 Å². The molecular formula is C18H25N3O3. The van der Waals surface area contributed by atoms with Gasteiger partial charge in [-0.2, -0.15) is 4.98 Å². The molecule has 0 aliphatic rings. The monoisotopic (exact) mass is 331 g/mol. The van der Waals surface area contributed by atoms with Gasteiger partial charge in [-0.05, 0) is 51.3 Å². The third-order valence-electron chi connectivity index (χ3n) is 3.80. The van der Waals surface area contributed by atoms with E-state index >= 15 is 0 Å². The Morgan fingerprint density at radius 2 is 1.96 bits per heavy atom. The van der Waals surface area contributed by atoms with E-state index in [1.807, 2.05) is 31.2 Å². The standard InChI is InChI=1S/C18H25N3O3/c1-5-21(12-16-19-13(2)24-20-16)17(22)15-8-6-14(7-9-15)10-11-18(3,4)23/h6-9,23H,5,10-12H2,1-4H3. The average molecular weight is 331 g/mol. The van der Waals surface area contributed by atoms with Gasteiger partial charge in [-0.15, -0.1) is 0 Å². The molecule has 1 aromatic heterocycles. The fourth-order valence-electron chi connectivity index (χ4n) is 2.35.